The predicted molar refractivity (Wildman–Crippen MR) is 71.8 cm³/mol. The topological polar surface area (TPSA) is 67.9 Å². The molecule has 0 radical (unpaired) electrons. The van der Waals surface area contributed by atoms with Crippen LogP contribution >= 0.6 is 0 Å². The van der Waals surface area contributed by atoms with E-state index in [0.29, 0.717) is 12.3 Å². The third-order valence-electron chi connectivity index (χ3n) is 2.78. The largest absolute Gasteiger partial charge is 0.461 e. The van der Waals surface area contributed by atoms with Crippen molar-refractivity contribution in [2.45, 2.75) is 26.7 Å². The summed E-state index contributed by atoms with van der Waals surface area (Å²) in [6, 6.07) is 7.99. The van der Waals surface area contributed by atoms with Gasteiger partial charge in [-0.2, -0.15) is 10.3 Å². The Morgan fingerprint density at radius 2 is 1.95 bits per heavy atom. The monoisotopic (exact) mass is 259 g/mol. The lowest BCUT2D eigenvalue weighted by atomic mass is 10.1. The molecule has 1 aromatic heterocycles. The van der Waals surface area contributed by atoms with Crippen molar-refractivity contribution in [3.63, 3.8) is 0 Å². The Labute approximate surface area is 112 Å². The highest BCUT2D eigenvalue weighted by atomic mass is 16.5. The molecule has 0 amide bonds. The van der Waals surface area contributed by atoms with Crippen LogP contribution in [0.3, 0.4) is 0 Å². The Kier molecular flexibility index (Phi) is 4.28. The second-order valence-electron chi connectivity index (χ2n) is 4.19. The van der Waals surface area contributed by atoms with Crippen molar-refractivity contribution in [3.8, 4) is 11.3 Å². The lowest BCUT2D eigenvalue weighted by molar-refractivity contribution is 0.0520. The third-order valence-corrected chi connectivity index (χ3v) is 2.78. The van der Waals surface area contributed by atoms with Gasteiger partial charge in [-0.1, -0.05) is 37.6 Å². The number of hydrogen-bond acceptors (Lipinski definition) is 4. The fourth-order valence-electron chi connectivity index (χ4n) is 1.89. The molecule has 0 bridgehead atoms. The number of nitrogens with one attached hydrogen (secondary N) is 1. The molecule has 0 fully saturated rings. The second-order valence-corrected chi connectivity index (χ2v) is 4.19. The quantitative estimate of drug-likeness (QED) is 0.838. The maximum Gasteiger partial charge on any atom is 0.361 e. The smallest absolute Gasteiger partial charge is 0.361 e. The number of aryl methyl sites for hydroxylation is 1. The van der Waals surface area contributed by atoms with Gasteiger partial charge in [0, 0.05) is 5.56 Å². The molecule has 19 heavy (non-hydrogen) atoms. The molecule has 100 valence electrons. The van der Waals surface area contributed by atoms with Crippen molar-refractivity contribution in [1.29, 1.82) is 0 Å². The Morgan fingerprint density at radius 1 is 1.21 bits per heavy atom. The van der Waals surface area contributed by atoms with Crippen molar-refractivity contribution in [3.05, 3.63) is 35.5 Å². The Morgan fingerprint density at radius 3 is 2.58 bits per heavy atom. The van der Waals surface area contributed by atoms with Gasteiger partial charge >= 0.3 is 5.97 Å². The summed E-state index contributed by atoms with van der Waals surface area (Å²) in [5, 5.41) is 10.4. The van der Waals surface area contributed by atoms with E-state index in [2.05, 4.69) is 22.3 Å². The van der Waals surface area contributed by atoms with Gasteiger partial charge in [-0.05, 0) is 18.9 Å². The molecule has 1 heterocycles. The maximum atomic E-state index is 11.7. The molecule has 2 aromatic rings. The SMILES string of the molecule is CCCc1ccc(-c2n[nH]nc2C(=O)OCC)cc1. The van der Waals surface area contributed by atoms with Gasteiger partial charge in [-0.15, -0.1) is 5.10 Å². The van der Waals surface area contributed by atoms with E-state index in [0.717, 1.165) is 18.4 Å². The first-order valence-corrected chi connectivity index (χ1v) is 6.43. The number of H-pyrrole nitrogens is 1. The molecular weight excluding hydrogens is 242 g/mol. The van der Waals surface area contributed by atoms with E-state index in [1.54, 1.807) is 6.92 Å². The number of benzene rings is 1. The number of ether oxygens (including phenoxy) is 1. The number of aromatic nitrogens is 3. The zero-order valence-corrected chi connectivity index (χ0v) is 11.1. The van der Waals surface area contributed by atoms with Crippen LogP contribution in [0.4, 0.5) is 0 Å². The van der Waals surface area contributed by atoms with Crippen LogP contribution in [0.1, 0.15) is 36.3 Å². The van der Waals surface area contributed by atoms with Crippen molar-refractivity contribution in [1.82, 2.24) is 15.4 Å². The van der Waals surface area contributed by atoms with Gasteiger partial charge in [0.25, 0.3) is 0 Å². The normalized spacial score (nSPS) is 10.4. The lowest BCUT2D eigenvalue weighted by Gasteiger charge is -2.03. The van der Waals surface area contributed by atoms with Crippen LogP contribution in [0.25, 0.3) is 11.3 Å². The number of carbonyl (C=O) groups is 1. The summed E-state index contributed by atoms with van der Waals surface area (Å²) in [5.41, 5.74) is 2.88. The first kappa shape index (κ1) is 13.3. The molecule has 5 nitrogen and oxygen atoms in total. The molecular formula is C14H17N3O2. The minimum atomic E-state index is -0.455. The van der Waals surface area contributed by atoms with E-state index in [1.165, 1.54) is 5.56 Å². The molecule has 0 atom stereocenters. The minimum absolute atomic E-state index is 0.227. The van der Waals surface area contributed by atoms with Gasteiger partial charge in [0.15, 0.2) is 5.69 Å². The van der Waals surface area contributed by atoms with Crippen LogP contribution in [0.15, 0.2) is 24.3 Å². The van der Waals surface area contributed by atoms with Crippen molar-refractivity contribution >= 4 is 5.97 Å². The van der Waals surface area contributed by atoms with E-state index < -0.39 is 5.97 Å². The maximum absolute atomic E-state index is 11.7. The summed E-state index contributed by atoms with van der Waals surface area (Å²) in [6.45, 7) is 4.22. The molecule has 5 heteroatoms. The standard InChI is InChI=1S/C14H17N3O2/c1-3-5-10-6-8-11(9-7-10)12-13(16-17-15-12)14(18)19-4-2/h6-9H,3-5H2,1-2H3,(H,15,16,17). The average molecular weight is 259 g/mol. The molecule has 1 N–H and O–H groups in total. The molecule has 0 aliphatic carbocycles. The zero-order valence-electron chi connectivity index (χ0n) is 11.1. The molecule has 0 saturated carbocycles. The highest BCUT2D eigenvalue weighted by Gasteiger charge is 2.18. The van der Waals surface area contributed by atoms with Crippen LogP contribution in [-0.2, 0) is 11.2 Å². The van der Waals surface area contributed by atoms with Crippen LogP contribution in [-0.4, -0.2) is 28.0 Å². The predicted octanol–water partition coefficient (Wildman–Crippen LogP) is 2.60. The second kappa shape index (κ2) is 6.13. The summed E-state index contributed by atoms with van der Waals surface area (Å²) in [6.07, 6.45) is 2.15. The van der Waals surface area contributed by atoms with Gasteiger partial charge in [0.05, 0.1) is 6.61 Å². The summed E-state index contributed by atoms with van der Waals surface area (Å²) in [4.78, 5) is 11.7. The summed E-state index contributed by atoms with van der Waals surface area (Å²) in [5.74, 6) is -0.455. The number of esters is 1. The van der Waals surface area contributed by atoms with E-state index in [-0.39, 0.29) is 5.69 Å². The molecule has 1 aromatic carbocycles. The number of aromatic amines is 1. The van der Waals surface area contributed by atoms with Crippen LogP contribution in [0.2, 0.25) is 0 Å². The van der Waals surface area contributed by atoms with Gasteiger partial charge < -0.3 is 4.74 Å². The van der Waals surface area contributed by atoms with Gasteiger partial charge in [0.2, 0.25) is 0 Å². The van der Waals surface area contributed by atoms with E-state index in [1.807, 2.05) is 24.3 Å². The minimum Gasteiger partial charge on any atom is -0.461 e. The molecule has 0 aliphatic heterocycles. The zero-order chi connectivity index (χ0) is 13.7. The first-order valence-electron chi connectivity index (χ1n) is 6.43. The van der Waals surface area contributed by atoms with Crippen molar-refractivity contribution < 1.29 is 9.53 Å². The summed E-state index contributed by atoms with van der Waals surface area (Å²) in [7, 11) is 0. The van der Waals surface area contributed by atoms with Crippen molar-refractivity contribution in [2.75, 3.05) is 6.61 Å². The fourth-order valence-corrected chi connectivity index (χ4v) is 1.89. The lowest BCUT2D eigenvalue weighted by Crippen LogP contribution is -2.06. The molecule has 0 spiro atoms. The number of nitrogens with zero attached hydrogens (tertiary/aromatic N) is 2. The third kappa shape index (κ3) is 2.99. The van der Waals surface area contributed by atoms with Gasteiger partial charge in [-0.3, -0.25) is 0 Å². The molecule has 0 aliphatic rings. The fraction of sp³-hybridized carbons (Fsp3) is 0.357. The highest BCUT2D eigenvalue weighted by molar-refractivity contribution is 5.93. The Hall–Kier alpha value is -2.17. The molecule has 2 rings (SSSR count). The Bertz CT molecular complexity index is 546. The van der Waals surface area contributed by atoms with E-state index >= 15 is 0 Å². The van der Waals surface area contributed by atoms with Crippen LogP contribution in [0.5, 0.6) is 0 Å². The number of carbonyl (C=O) groups excluding carboxylic acids is 1. The summed E-state index contributed by atoms with van der Waals surface area (Å²) >= 11 is 0. The van der Waals surface area contributed by atoms with Gasteiger partial charge in [-0.25, -0.2) is 4.79 Å². The molecule has 0 unspecified atom stereocenters. The Balaban J connectivity index is 2.26. The first-order chi connectivity index (χ1) is 9.26. The number of rotatable bonds is 5. The highest BCUT2D eigenvalue weighted by Crippen LogP contribution is 2.21. The van der Waals surface area contributed by atoms with Crippen LogP contribution < -0.4 is 0 Å². The average Bonchev–Trinajstić information content (AvgIpc) is 2.89. The van der Waals surface area contributed by atoms with Gasteiger partial charge in [0.1, 0.15) is 5.69 Å². The van der Waals surface area contributed by atoms with E-state index in [9.17, 15) is 4.79 Å². The van der Waals surface area contributed by atoms with E-state index in [4.69, 9.17) is 4.74 Å². The number of hydrogen-bond donors (Lipinski definition) is 1. The van der Waals surface area contributed by atoms with Crippen molar-refractivity contribution in [2.24, 2.45) is 0 Å². The molecule has 0 saturated heterocycles. The summed E-state index contributed by atoms with van der Waals surface area (Å²) < 4.78 is 4.95. The van der Waals surface area contributed by atoms with Crippen LogP contribution in [0, 0.1) is 0 Å².